The largest absolute Gasteiger partial charge is 0.481 e. The second-order valence-corrected chi connectivity index (χ2v) is 9.32. The molecule has 0 saturated carbocycles. The highest BCUT2D eigenvalue weighted by Crippen LogP contribution is 2.28. The number of methoxy groups -OCH3 is 1. The smallest absolute Gasteiger partial charge is 0.261 e. The maximum Gasteiger partial charge on any atom is 0.261 e. The van der Waals surface area contributed by atoms with Crippen LogP contribution in [-0.2, 0) is 24.3 Å². The predicted molar refractivity (Wildman–Crippen MR) is 136 cm³/mol. The van der Waals surface area contributed by atoms with E-state index in [1.54, 1.807) is 29.3 Å². The summed E-state index contributed by atoms with van der Waals surface area (Å²) in [4.78, 5) is 45.3. The molecule has 0 fully saturated rings. The van der Waals surface area contributed by atoms with Gasteiger partial charge in [0.2, 0.25) is 11.8 Å². The molecule has 3 aromatic rings. The summed E-state index contributed by atoms with van der Waals surface area (Å²) < 4.78 is 5.11. The molecule has 0 aliphatic carbocycles. The molecule has 1 aromatic carbocycles. The Morgan fingerprint density at radius 3 is 2.81 bits per heavy atom. The second-order valence-electron chi connectivity index (χ2n) is 8.18. The number of amides is 3. The molecular formula is C25H26N6O4S. The van der Waals surface area contributed by atoms with Crippen LogP contribution < -0.4 is 21.1 Å². The third-order valence-electron chi connectivity index (χ3n) is 5.81. The number of carbonyl (C=O) groups is 3. The minimum atomic E-state index is -0.412. The summed E-state index contributed by atoms with van der Waals surface area (Å²) in [7, 11) is 1.54. The lowest BCUT2D eigenvalue weighted by molar-refractivity contribution is -0.131. The maximum absolute atomic E-state index is 12.7. The highest BCUT2D eigenvalue weighted by molar-refractivity contribution is 7.14. The fraction of sp³-hybridized carbons (Fsp3) is 0.240. The van der Waals surface area contributed by atoms with Crippen LogP contribution in [0.3, 0.4) is 0 Å². The molecule has 36 heavy (non-hydrogen) atoms. The van der Waals surface area contributed by atoms with Crippen LogP contribution in [0.5, 0.6) is 5.88 Å². The lowest BCUT2D eigenvalue weighted by Gasteiger charge is -2.27. The zero-order valence-electron chi connectivity index (χ0n) is 19.7. The van der Waals surface area contributed by atoms with Gasteiger partial charge in [0, 0.05) is 59.8 Å². The number of fused-ring (bicyclic) bond motifs is 1. The molecule has 0 bridgehead atoms. The predicted octanol–water partition coefficient (Wildman–Crippen LogP) is 1.98. The van der Waals surface area contributed by atoms with Crippen LogP contribution in [0.4, 0.5) is 5.69 Å². The number of benzene rings is 1. The third-order valence-corrected chi connectivity index (χ3v) is 7.05. The Hall–Kier alpha value is -4.25. The van der Waals surface area contributed by atoms with Gasteiger partial charge in [-0.15, -0.1) is 11.3 Å². The van der Waals surface area contributed by atoms with E-state index in [2.05, 4.69) is 15.6 Å². The number of nitrogens with zero attached hydrogens (tertiary/aromatic N) is 2. The number of nitrogens with one attached hydrogen (secondary N) is 3. The molecule has 2 aromatic heterocycles. The van der Waals surface area contributed by atoms with E-state index in [1.807, 2.05) is 12.1 Å². The number of nitrogens with two attached hydrogens (primary N) is 1. The zero-order valence-corrected chi connectivity index (χ0v) is 20.5. The van der Waals surface area contributed by atoms with E-state index in [0.717, 1.165) is 22.2 Å². The fourth-order valence-electron chi connectivity index (χ4n) is 3.81. The quantitative estimate of drug-likeness (QED) is 0.271. The topological polar surface area (TPSA) is 150 Å². The molecule has 0 atom stereocenters. The molecular weight excluding hydrogens is 480 g/mol. The van der Waals surface area contributed by atoms with E-state index in [-0.39, 0.29) is 18.4 Å². The van der Waals surface area contributed by atoms with Gasteiger partial charge in [-0.05, 0) is 47.9 Å². The number of hydrogen-bond donors (Lipinski definition) is 4. The molecule has 0 radical (unpaired) electrons. The molecule has 3 amide bonds. The van der Waals surface area contributed by atoms with Crippen LogP contribution in [-0.4, -0.2) is 54.0 Å². The number of nitrogen functional groups attached to an aromatic ring is 1. The number of thiophene rings is 1. The van der Waals surface area contributed by atoms with E-state index < -0.39 is 5.91 Å². The number of ether oxygens (including phenoxy) is 1. The van der Waals surface area contributed by atoms with Crippen molar-refractivity contribution in [2.24, 2.45) is 0 Å². The van der Waals surface area contributed by atoms with Crippen molar-refractivity contribution in [1.29, 1.82) is 5.41 Å². The lowest BCUT2D eigenvalue weighted by Crippen LogP contribution is -2.42. The number of pyridine rings is 1. The minimum Gasteiger partial charge on any atom is -0.481 e. The Morgan fingerprint density at radius 2 is 2.03 bits per heavy atom. The van der Waals surface area contributed by atoms with Gasteiger partial charge < -0.3 is 31.4 Å². The van der Waals surface area contributed by atoms with E-state index in [9.17, 15) is 14.4 Å². The summed E-state index contributed by atoms with van der Waals surface area (Å²) >= 11 is 1.43. The van der Waals surface area contributed by atoms with Crippen molar-refractivity contribution in [3.63, 3.8) is 0 Å². The van der Waals surface area contributed by atoms with E-state index >= 15 is 0 Å². The summed E-state index contributed by atoms with van der Waals surface area (Å²) in [5.41, 5.74) is 8.75. The maximum atomic E-state index is 12.7. The first-order valence-electron chi connectivity index (χ1n) is 11.2. The average molecular weight is 507 g/mol. The first-order chi connectivity index (χ1) is 17.4. The van der Waals surface area contributed by atoms with Crippen molar-refractivity contribution in [3.05, 3.63) is 74.6 Å². The molecule has 186 valence electrons. The van der Waals surface area contributed by atoms with Crippen molar-refractivity contribution in [2.75, 3.05) is 25.9 Å². The fourth-order valence-corrected chi connectivity index (χ4v) is 4.89. The van der Waals surface area contributed by atoms with Gasteiger partial charge in [-0.1, -0.05) is 0 Å². The van der Waals surface area contributed by atoms with Gasteiger partial charge in [0.25, 0.3) is 11.8 Å². The summed E-state index contributed by atoms with van der Waals surface area (Å²) in [6, 6.07) is 10.0. The molecule has 0 saturated heterocycles. The van der Waals surface area contributed by atoms with Crippen molar-refractivity contribution < 1.29 is 19.1 Å². The van der Waals surface area contributed by atoms with Gasteiger partial charge in [0.05, 0.1) is 18.5 Å². The number of anilines is 1. The highest BCUT2D eigenvalue weighted by atomic mass is 32.1. The SMILES string of the molecule is COc1cc(CNC(=O)c2cc3c(s2)CCN(C(=O)CNC(=O)c2ccc(N)c(C=N)c2)C3)ccn1. The van der Waals surface area contributed by atoms with E-state index in [1.165, 1.54) is 24.5 Å². The van der Waals surface area contributed by atoms with Gasteiger partial charge in [-0.2, -0.15) is 0 Å². The first-order valence-corrected chi connectivity index (χ1v) is 12.0. The molecule has 1 aliphatic rings. The van der Waals surface area contributed by atoms with E-state index in [4.69, 9.17) is 15.9 Å². The zero-order chi connectivity index (χ0) is 25.7. The van der Waals surface area contributed by atoms with Crippen molar-refractivity contribution in [2.45, 2.75) is 19.5 Å². The molecule has 11 heteroatoms. The highest BCUT2D eigenvalue weighted by Gasteiger charge is 2.24. The molecule has 0 unspecified atom stereocenters. The molecule has 5 N–H and O–H groups in total. The van der Waals surface area contributed by atoms with E-state index in [0.29, 0.717) is 53.6 Å². The van der Waals surface area contributed by atoms with Gasteiger partial charge in [0.15, 0.2) is 0 Å². The summed E-state index contributed by atoms with van der Waals surface area (Å²) in [6.07, 6.45) is 3.35. The summed E-state index contributed by atoms with van der Waals surface area (Å²) in [5.74, 6) is -0.312. The van der Waals surface area contributed by atoms with Gasteiger partial charge >= 0.3 is 0 Å². The molecule has 4 rings (SSSR count). The van der Waals surface area contributed by atoms with Crippen LogP contribution in [0.25, 0.3) is 0 Å². The van der Waals surface area contributed by atoms with Crippen molar-refractivity contribution in [1.82, 2.24) is 20.5 Å². The number of aromatic nitrogens is 1. The summed E-state index contributed by atoms with van der Waals surface area (Å²) in [5, 5.41) is 12.9. The Morgan fingerprint density at radius 1 is 1.19 bits per heavy atom. The van der Waals surface area contributed by atoms with Crippen LogP contribution in [0.1, 0.15) is 41.6 Å². The van der Waals surface area contributed by atoms with Crippen molar-refractivity contribution in [3.8, 4) is 5.88 Å². The monoisotopic (exact) mass is 506 g/mol. The Labute approximate surface area is 212 Å². The lowest BCUT2D eigenvalue weighted by atomic mass is 10.1. The average Bonchev–Trinajstić information content (AvgIpc) is 3.34. The minimum absolute atomic E-state index is 0.147. The van der Waals surface area contributed by atoms with Crippen LogP contribution in [0.15, 0.2) is 42.6 Å². The second kappa shape index (κ2) is 11.0. The Kier molecular flexibility index (Phi) is 7.59. The standard InChI is InChI=1S/C25H26N6O4S/c1-35-22-8-15(4-6-28-22)12-29-25(34)21-10-18-14-31(7-5-20(18)36-21)23(32)13-30-24(33)16-2-3-19(27)17(9-16)11-26/h2-4,6,8-11,26H,5,7,12-14,27H2,1H3,(H,29,34)(H,30,33). The normalized spacial score (nSPS) is 12.4. The van der Waals surface area contributed by atoms with Gasteiger partial charge in [-0.3, -0.25) is 14.4 Å². The van der Waals surface area contributed by atoms with Gasteiger partial charge in [0.1, 0.15) is 0 Å². The number of carbonyl (C=O) groups excluding carboxylic acids is 3. The third kappa shape index (κ3) is 5.69. The van der Waals surface area contributed by atoms with Gasteiger partial charge in [-0.25, -0.2) is 4.98 Å². The van der Waals surface area contributed by atoms with Crippen molar-refractivity contribution >= 4 is 41.0 Å². The van der Waals surface area contributed by atoms with Crippen LogP contribution >= 0.6 is 11.3 Å². The Balaban J connectivity index is 1.31. The molecule has 1 aliphatic heterocycles. The molecule has 10 nitrogen and oxygen atoms in total. The molecule has 3 heterocycles. The Bertz CT molecular complexity index is 1320. The van der Waals surface area contributed by atoms with Crippen LogP contribution in [0.2, 0.25) is 0 Å². The van der Waals surface area contributed by atoms with Crippen LogP contribution in [0, 0.1) is 5.41 Å². The first kappa shape index (κ1) is 24.9. The summed E-state index contributed by atoms with van der Waals surface area (Å²) in [6.45, 7) is 1.10. The molecule has 0 spiro atoms. The number of hydrogen-bond acceptors (Lipinski definition) is 8. The number of rotatable bonds is 8.